The molecule has 0 aliphatic heterocycles. The number of hydrogen-bond acceptors (Lipinski definition) is 3. The monoisotopic (exact) mass is 328 g/mol. The zero-order valence-electron chi connectivity index (χ0n) is 11.4. The van der Waals surface area contributed by atoms with Gasteiger partial charge in [0.05, 0.1) is 13.2 Å². The first-order chi connectivity index (χ1) is 10.1. The van der Waals surface area contributed by atoms with Gasteiger partial charge in [0.25, 0.3) is 0 Å². The zero-order valence-corrected chi connectivity index (χ0v) is 12.9. The molecule has 0 spiro atoms. The predicted octanol–water partition coefficient (Wildman–Crippen LogP) is 3.89. The highest BCUT2D eigenvalue weighted by Crippen LogP contribution is 2.30. The first kappa shape index (κ1) is 16.0. The minimum atomic E-state index is -0.444. The van der Waals surface area contributed by atoms with Crippen molar-refractivity contribution in [3.63, 3.8) is 0 Å². The molecule has 0 bridgehead atoms. The molecule has 1 unspecified atom stereocenters. The number of methoxy groups -OCH3 is 1. The van der Waals surface area contributed by atoms with Crippen molar-refractivity contribution >= 4 is 23.2 Å². The molecule has 2 rings (SSSR count). The summed E-state index contributed by atoms with van der Waals surface area (Å²) in [6, 6.07) is 9.65. The van der Waals surface area contributed by atoms with Crippen LogP contribution < -0.4 is 16.0 Å². The molecule has 3 N–H and O–H groups in total. The summed E-state index contributed by atoms with van der Waals surface area (Å²) in [6.45, 7) is 0. The molecule has 21 heavy (non-hydrogen) atoms. The molecular weight excluding hydrogens is 314 g/mol. The highest BCUT2D eigenvalue weighted by molar-refractivity contribution is 6.36. The van der Waals surface area contributed by atoms with Crippen LogP contribution in [-0.2, 0) is 6.42 Å². The maximum Gasteiger partial charge on any atom is 0.165 e. The van der Waals surface area contributed by atoms with Gasteiger partial charge in [0.2, 0.25) is 0 Å². The first-order valence-corrected chi connectivity index (χ1v) is 7.05. The second kappa shape index (κ2) is 7.09. The number of halogens is 3. The summed E-state index contributed by atoms with van der Waals surface area (Å²) >= 11 is 12.3. The van der Waals surface area contributed by atoms with Crippen molar-refractivity contribution < 1.29 is 9.13 Å². The molecule has 0 heterocycles. The van der Waals surface area contributed by atoms with E-state index < -0.39 is 5.82 Å². The lowest BCUT2D eigenvalue weighted by molar-refractivity contribution is 0.385. The SMILES string of the molecule is COc1ccc(C(Cc2c(Cl)cccc2Cl)NN)cc1F. The van der Waals surface area contributed by atoms with E-state index in [2.05, 4.69) is 5.43 Å². The highest BCUT2D eigenvalue weighted by atomic mass is 35.5. The molecular formula is C15H15Cl2FN2O. The van der Waals surface area contributed by atoms with Crippen molar-refractivity contribution in [2.45, 2.75) is 12.5 Å². The summed E-state index contributed by atoms with van der Waals surface area (Å²) in [7, 11) is 1.42. The molecule has 0 saturated carbocycles. The third-order valence-electron chi connectivity index (χ3n) is 3.25. The summed E-state index contributed by atoms with van der Waals surface area (Å²) < 4.78 is 18.7. The fourth-order valence-corrected chi connectivity index (χ4v) is 2.66. The van der Waals surface area contributed by atoms with E-state index in [0.29, 0.717) is 22.0 Å². The van der Waals surface area contributed by atoms with Gasteiger partial charge in [0.1, 0.15) is 0 Å². The molecule has 0 radical (unpaired) electrons. The van der Waals surface area contributed by atoms with E-state index in [1.165, 1.54) is 13.2 Å². The van der Waals surface area contributed by atoms with Gasteiger partial charge in [-0.25, -0.2) is 4.39 Å². The third-order valence-corrected chi connectivity index (χ3v) is 3.96. The molecule has 1 atom stereocenters. The van der Waals surface area contributed by atoms with E-state index in [4.69, 9.17) is 33.8 Å². The second-order valence-corrected chi connectivity index (χ2v) is 5.33. The summed E-state index contributed by atoms with van der Waals surface area (Å²) in [5.41, 5.74) is 4.11. The number of rotatable bonds is 5. The number of hydrogen-bond donors (Lipinski definition) is 2. The normalized spacial score (nSPS) is 12.2. The molecule has 0 aliphatic rings. The van der Waals surface area contributed by atoms with Crippen LogP contribution in [-0.4, -0.2) is 7.11 Å². The Bertz CT molecular complexity index is 617. The Labute approximate surface area is 132 Å². The molecule has 3 nitrogen and oxygen atoms in total. The Balaban J connectivity index is 2.30. The Morgan fingerprint density at radius 3 is 2.43 bits per heavy atom. The van der Waals surface area contributed by atoms with Crippen LogP contribution in [0, 0.1) is 5.82 Å². The second-order valence-electron chi connectivity index (χ2n) is 4.52. The molecule has 0 aliphatic carbocycles. The van der Waals surface area contributed by atoms with Crippen molar-refractivity contribution in [2.24, 2.45) is 5.84 Å². The van der Waals surface area contributed by atoms with E-state index in [0.717, 1.165) is 5.56 Å². The Morgan fingerprint density at radius 1 is 1.24 bits per heavy atom. The molecule has 2 aromatic rings. The van der Waals surface area contributed by atoms with Gasteiger partial charge in [-0.2, -0.15) is 0 Å². The van der Waals surface area contributed by atoms with E-state index in [-0.39, 0.29) is 11.8 Å². The van der Waals surface area contributed by atoms with Crippen LogP contribution >= 0.6 is 23.2 Å². The summed E-state index contributed by atoms with van der Waals surface area (Å²) in [5, 5.41) is 1.11. The maximum absolute atomic E-state index is 13.8. The number of hydrazine groups is 1. The van der Waals surface area contributed by atoms with Crippen molar-refractivity contribution in [3.05, 3.63) is 63.4 Å². The lowest BCUT2D eigenvalue weighted by Crippen LogP contribution is -2.29. The standard InChI is InChI=1S/C15H15Cl2FN2O/c1-21-15-6-5-9(7-13(15)18)14(20-19)8-10-11(16)3-2-4-12(10)17/h2-7,14,20H,8,19H2,1H3. The van der Waals surface area contributed by atoms with E-state index in [9.17, 15) is 4.39 Å². The minimum absolute atomic E-state index is 0.185. The molecule has 6 heteroatoms. The molecule has 0 fully saturated rings. The average Bonchev–Trinajstić information content (AvgIpc) is 2.47. The van der Waals surface area contributed by atoms with Gasteiger partial charge in [-0.1, -0.05) is 35.3 Å². The van der Waals surface area contributed by atoms with Crippen LogP contribution in [0.1, 0.15) is 17.2 Å². The lowest BCUT2D eigenvalue weighted by Gasteiger charge is -2.18. The van der Waals surface area contributed by atoms with Gasteiger partial charge in [-0.3, -0.25) is 11.3 Å². The van der Waals surface area contributed by atoms with Gasteiger partial charge in [0, 0.05) is 10.0 Å². The molecule has 0 saturated heterocycles. The number of benzene rings is 2. The van der Waals surface area contributed by atoms with Gasteiger partial charge in [0.15, 0.2) is 11.6 Å². The van der Waals surface area contributed by atoms with Gasteiger partial charge < -0.3 is 4.74 Å². The van der Waals surface area contributed by atoms with Crippen LogP contribution in [0.5, 0.6) is 5.75 Å². The first-order valence-electron chi connectivity index (χ1n) is 6.29. The van der Waals surface area contributed by atoms with Crippen molar-refractivity contribution in [1.82, 2.24) is 5.43 Å². The molecule has 0 amide bonds. The number of nitrogens with two attached hydrogens (primary N) is 1. The molecule has 2 aromatic carbocycles. The maximum atomic E-state index is 13.8. The Kier molecular flexibility index (Phi) is 5.42. The summed E-state index contributed by atoms with van der Waals surface area (Å²) in [5.74, 6) is 5.33. The Hall–Kier alpha value is -1.33. The van der Waals surface area contributed by atoms with E-state index in [1.54, 1.807) is 30.3 Å². The zero-order chi connectivity index (χ0) is 15.4. The van der Waals surface area contributed by atoms with Crippen LogP contribution in [0.3, 0.4) is 0 Å². The molecule has 112 valence electrons. The van der Waals surface area contributed by atoms with Crippen LogP contribution in [0.2, 0.25) is 10.0 Å². The quantitative estimate of drug-likeness (QED) is 0.646. The summed E-state index contributed by atoms with van der Waals surface area (Å²) in [6.07, 6.45) is 0.445. The van der Waals surface area contributed by atoms with Crippen molar-refractivity contribution in [2.75, 3.05) is 7.11 Å². The van der Waals surface area contributed by atoms with Gasteiger partial charge in [-0.15, -0.1) is 0 Å². The fourth-order valence-electron chi connectivity index (χ4n) is 2.10. The topological polar surface area (TPSA) is 47.3 Å². The van der Waals surface area contributed by atoms with Gasteiger partial charge in [-0.05, 0) is 41.8 Å². The van der Waals surface area contributed by atoms with Crippen LogP contribution in [0.25, 0.3) is 0 Å². The summed E-state index contributed by atoms with van der Waals surface area (Å²) in [4.78, 5) is 0. The predicted molar refractivity (Wildman–Crippen MR) is 83.2 cm³/mol. The third kappa shape index (κ3) is 3.66. The highest BCUT2D eigenvalue weighted by Gasteiger charge is 2.16. The van der Waals surface area contributed by atoms with Gasteiger partial charge >= 0.3 is 0 Å². The average molecular weight is 329 g/mol. The Morgan fingerprint density at radius 2 is 1.90 bits per heavy atom. The van der Waals surface area contributed by atoms with Crippen molar-refractivity contribution in [1.29, 1.82) is 0 Å². The number of nitrogens with one attached hydrogen (secondary N) is 1. The van der Waals surface area contributed by atoms with Crippen LogP contribution in [0.4, 0.5) is 4.39 Å². The van der Waals surface area contributed by atoms with E-state index >= 15 is 0 Å². The van der Waals surface area contributed by atoms with Crippen molar-refractivity contribution in [3.8, 4) is 5.75 Å². The van der Waals surface area contributed by atoms with Crippen LogP contribution in [0.15, 0.2) is 36.4 Å². The van der Waals surface area contributed by atoms with E-state index in [1.807, 2.05) is 0 Å². The lowest BCUT2D eigenvalue weighted by atomic mass is 9.99. The molecule has 0 aromatic heterocycles. The minimum Gasteiger partial charge on any atom is -0.494 e. The largest absolute Gasteiger partial charge is 0.494 e. The fraction of sp³-hybridized carbons (Fsp3) is 0.200. The number of ether oxygens (including phenoxy) is 1. The smallest absolute Gasteiger partial charge is 0.165 e.